The summed E-state index contributed by atoms with van der Waals surface area (Å²) in [4.78, 5) is 17.3. The van der Waals surface area contributed by atoms with Crippen LogP contribution in [0, 0.1) is 13.8 Å². The lowest BCUT2D eigenvalue weighted by molar-refractivity contribution is 0.0942. The summed E-state index contributed by atoms with van der Waals surface area (Å²) in [5, 5.41) is 3.15. The van der Waals surface area contributed by atoms with Crippen LogP contribution in [0.15, 0.2) is 60.9 Å². The van der Waals surface area contributed by atoms with Crippen molar-refractivity contribution in [1.82, 2.24) is 10.3 Å². The standard InChI is InChI=1S/C23H24N2O3/c1-15-7-8-16(2)21(10-15)22(17-6-5-9-24-14-17)25-23(26)18-11-19(27-3)13-20(12-18)28-4/h5-14,22H,1-4H3,(H,25,26)/t22-/m0/s1. The van der Waals surface area contributed by atoms with E-state index in [1.807, 2.05) is 26.0 Å². The Morgan fingerprint density at radius 3 is 2.32 bits per heavy atom. The number of aryl methyl sites for hydroxylation is 2. The molecule has 0 spiro atoms. The Morgan fingerprint density at radius 1 is 1.00 bits per heavy atom. The SMILES string of the molecule is COc1cc(OC)cc(C(=O)N[C@@H](c2cccnc2)c2cc(C)ccc2C)c1. The highest BCUT2D eigenvalue weighted by atomic mass is 16.5. The van der Waals surface area contributed by atoms with E-state index in [-0.39, 0.29) is 11.9 Å². The van der Waals surface area contributed by atoms with Crippen LogP contribution in [0.3, 0.4) is 0 Å². The third-order valence-corrected chi connectivity index (χ3v) is 4.65. The van der Waals surface area contributed by atoms with Crippen molar-refractivity contribution in [3.05, 3.63) is 88.7 Å². The van der Waals surface area contributed by atoms with E-state index >= 15 is 0 Å². The monoisotopic (exact) mass is 376 g/mol. The molecule has 3 aromatic rings. The molecule has 0 radical (unpaired) electrons. The zero-order chi connectivity index (χ0) is 20.1. The minimum atomic E-state index is -0.321. The second kappa shape index (κ2) is 8.57. The lowest BCUT2D eigenvalue weighted by Gasteiger charge is -2.22. The van der Waals surface area contributed by atoms with Crippen LogP contribution in [0.4, 0.5) is 0 Å². The molecule has 144 valence electrons. The van der Waals surface area contributed by atoms with E-state index in [1.165, 1.54) is 0 Å². The smallest absolute Gasteiger partial charge is 0.252 e. The highest BCUT2D eigenvalue weighted by Gasteiger charge is 2.21. The van der Waals surface area contributed by atoms with Crippen molar-refractivity contribution in [3.8, 4) is 11.5 Å². The van der Waals surface area contributed by atoms with Gasteiger partial charge >= 0.3 is 0 Å². The topological polar surface area (TPSA) is 60.5 Å². The van der Waals surface area contributed by atoms with Gasteiger partial charge in [-0.2, -0.15) is 0 Å². The molecule has 1 amide bonds. The van der Waals surface area contributed by atoms with E-state index in [0.29, 0.717) is 17.1 Å². The molecule has 1 aromatic heterocycles. The van der Waals surface area contributed by atoms with Crippen molar-refractivity contribution in [1.29, 1.82) is 0 Å². The number of hydrogen-bond donors (Lipinski definition) is 1. The van der Waals surface area contributed by atoms with Crippen LogP contribution in [0.2, 0.25) is 0 Å². The van der Waals surface area contributed by atoms with Gasteiger partial charge in [0.2, 0.25) is 0 Å². The largest absolute Gasteiger partial charge is 0.497 e. The number of rotatable bonds is 6. The first-order chi connectivity index (χ1) is 13.5. The Morgan fingerprint density at radius 2 is 1.71 bits per heavy atom. The summed E-state index contributed by atoms with van der Waals surface area (Å²) in [6.45, 7) is 4.08. The Hall–Kier alpha value is -3.34. The Kier molecular flexibility index (Phi) is 5.94. The zero-order valence-electron chi connectivity index (χ0n) is 16.5. The Bertz CT molecular complexity index is 949. The predicted octanol–water partition coefficient (Wildman–Crippen LogP) is 4.24. The van der Waals surface area contributed by atoms with E-state index in [0.717, 1.165) is 22.3 Å². The second-order valence-electron chi connectivity index (χ2n) is 6.65. The predicted molar refractivity (Wildman–Crippen MR) is 109 cm³/mol. The number of amides is 1. The number of benzene rings is 2. The van der Waals surface area contributed by atoms with Crippen LogP contribution in [-0.2, 0) is 0 Å². The quantitative estimate of drug-likeness (QED) is 0.699. The molecule has 0 unspecified atom stereocenters. The maximum Gasteiger partial charge on any atom is 0.252 e. The molecule has 0 fully saturated rings. The third-order valence-electron chi connectivity index (χ3n) is 4.65. The summed E-state index contributed by atoms with van der Waals surface area (Å²) in [6.07, 6.45) is 3.50. The van der Waals surface area contributed by atoms with Crippen molar-refractivity contribution in [2.75, 3.05) is 14.2 Å². The van der Waals surface area contributed by atoms with E-state index in [4.69, 9.17) is 9.47 Å². The molecule has 28 heavy (non-hydrogen) atoms. The highest BCUT2D eigenvalue weighted by Crippen LogP contribution is 2.27. The summed E-state index contributed by atoms with van der Waals surface area (Å²) >= 11 is 0. The molecular weight excluding hydrogens is 352 g/mol. The van der Waals surface area contributed by atoms with Gasteiger partial charge in [0.1, 0.15) is 11.5 Å². The number of hydrogen-bond acceptors (Lipinski definition) is 4. The number of ether oxygens (including phenoxy) is 2. The summed E-state index contributed by atoms with van der Waals surface area (Å²) in [7, 11) is 3.12. The van der Waals surface area contributed by atoms with Gasteiger partial charge in [0.25, 0.3) is 5.91 Å². The van der Waals surface area contributed by atoms with Gasteiger partial charge in [-0.3, -0.25) is 9.78 Å². The van der Waals surface area contributed by atoms with Gasteiger partial charge in [-0.1, -0.05) is 29.8 Å². The first-order valence-electron chi connectivity index (χ1n) is 9.03. The molecule has 2 aromatic carbocycles. The van der Waals surface area contributed by atoms with E-state index in [1.54, 1.807) is 44.8 Å². The molecule has 1 atom stereocenters. The van der Waals surface area contributed by atoms with E-state index in [2.05, 4.69) is 28.5 Å². The van der Waals surface area contributed by atoms with Crippen molar-refractivity contribution >= 4 is 5.91 Å². The van der Waals surface area contributed by atoms with E-state index in [9.17, 15) is 4.79 Å². The van der Waals surface area contributed by atoms with Crippen molar-refractivity contribution in [2.45, 2.75) is 19.9 Å². The van der Waals surface area contributed by atoms with Crippen molar-refractivity contribution in [2.24, 2.45) is 0 Å². The maximum absolute atomic E-state index is 13.1. The van der Waals surface area contributed by atoms with Crippen LogP contribution in [0.5, 0.6) is 11.5 Å². The first-order valence-corrected chi connectivity index (χ1v) is 9.03. The van der Waals surface area contributed by atoms with Crippen molar-refractivity contribution < 1.29 is 14.3 Å². The highest BCUT2D eigenvalue weighted by molar-refractivity contribution is 5.95. The molecule has 0 aliphatic rings. The molecular formula is C23H24N2O3. The summed E-state index contributed by atoms with van der Waals surface area (Å²) < 4.78 is 10.6. The Labute approximate surface area is 165 Å². The normalized spacial score (nSPS) is 11.6. The fraction of sp³-hybridized carbons (Fsp3) is 0.217. The average molecular weight is 376 g/mol. The number of carbonyl (C=O) groups is 1. The minimum absolute atomic E-state index is 0.216. The van der Waals surface area contributed by atoms with Crippen LogP contribution in [0.25, 0.3) is 0 Å². The number of methoxy groups -OCH3 is 2. The van der Waals surface area contributed by atoms with Gasteiger partial charge < -0.3 is 14.8 Å². The van der Waals surface area contributed by atoms with Gasteiger partial charge in [0.15, 0.2) is 0 Å². The number of nitrogens with one attached hydrogen (secondary N) is 1. The molecule has 0 saturated heterocycles. The molecule has 5 nitrogen and oxygen atoms in total. The van der Waals surface area contributed by atoms with Crippen LogP contribution in [0.1, 0.15) is 38.7 Å². The average Bonchev–Trinajstić information content (AvgIpc) is 2.73. The zero-order valence-corrected chi connectivity index (χ0v) is 16.5. The van der Waals surface area contributed by atoms with Crippen molar-refractivity contribution in [3.63, 3.8) is 0 Å². The van der Waals surface area contributed by atoms with Gasteiger partial charge in [-0.15, -0.1) is 0 Å². The van der Waals surface area contributed by atoms with Crippen LogP contribution in [-0.4, -0.2) is 25.1 Å². The molecule has 0 aliphatic carbocycles. The second-order valence-corrected chi connectivity index (χ2v) is 6.65. The molecule has 5 heteroatoms. The van der Waals surface area contributed by atoms with Crippen LogP contribution < -0.4 is 14.8 Å². The van der Waals surface area contributed by atoms with Gasteiger partial charge in [-0.25, -0.2) is 0 Å². The number of aromatic nitrogens is 1. The van der Waals surface area contributed by atoms with Crippen LogP contribution >= 0.6 is 0 Å². The third kappa shape index (κ3) is 4.31. The molecule has 0 saturated carbocycles. The Balaban J connectivity index is 2.01. The first kappa shape index (κ1) is 19.4. The summed E-state index contributed by atoms with van der Waals surface area (Å²) in [5.74, 6) is 0.912. The lowest BCUT2D eigenvalue weighted by atomic mass is 9.94. The van der Waals surface area contributed by atoms with Gasteiger partial charge in [-0.05, 0) is 48.7 Å². The molecule has 3 rings (SSSR count). The number of carbonyl (C=O) groups excluding carboxylic acids is 1. The molecule has 1 N–H and O–H groups in total. The fourth-order valence-electron chi connectivity index (χ4n) is 3.11. The number of nitrogens with zero attached hydrogens (tertiary/aromatic N) is 1. The summed E-state index contributed by atoms with van der Waals surface area (Å²) in [5.41, 5.74) is 4.65. The molecule has 0 aliphatic heterocycles. The van der Waals surface area contributed by atoms with Gasteiger partial charge in [0.05, 0.1) is 20.3 Å². The minimum Gasteiger partial charge on any atom is -0.497 e. The molecule has 1 heterocycles. The molecule has 0 bridgehead atoms. The van der Waals surface area contributed by atoms with Gasteiger partial charge in [0, 0.05) is 24.0 Å². The lowest BCUT2D eigenvalue weighted by Crippen LogP contribution is -2.30. The maximum atomic E-state index is 13.1. The fourth-order valence-corrected chi connectivity index (χ4v) is 3.11. The van der Waals surface area contributed by atoms with E-state index < -0.39 is 0 Å². The summed E-state index contributed by atoms with van der Waals surface area (Å²) in [6, 6.07) is 14.9. The number of pyridine rings is 1.